The minimum Gasteiger partial charge on any atom is -0.463 e. The fourth-order valence-electron chi connectivity index (χ4n) is 2.36. The molecule has 0 bridgehead atoms. The zero-order chi connectivity index (χ0) is 15.7. The van der Waals surface area contributed by atoms with Crippen molar-refractivity contribution in [3.05, 3.63) is 47.2 Å². The van der Waals surface area contributed by atoms with Crippen molar-refractivity contribution < 1.29 is 19.4 Å². The molecule has 0 spiro atoms. The molecule has 0 saturated carbocycles. The summed E-state index contributed by atoms with van der Waals surface area (Å²) in [6, 6.07) is 9.30. The van der Waals surface area contributed by atoms with Gasteiger partial charge in [0.05, 0.1) is 18.8 Å². The number of fused-ring (bicyclic) bond motifs is 1. The molecule has 0 radical (unpaired) electrons. The Labute approximate surface area is 125 Å². The lowest BCUT2D eigenvalue weighted by atomic mass is 10.2. The Balaban J connectivity index is 1.66. The second-order valence-electron chi connectivity index (χ2n) is 4.90. The average Bonchev–Trinajstić information content (AvgIpc) is 3.07. The van der Waals surface area contributed by atoms with Crippen molar-refractivity contribution in [1.29, 1.82) is 0 Å². The highest BCUT2D eigenvalue weighted by Gasteiger charge is 2.32. The third kappa shape index (κ3) is 2.46. The van der Waals surface area contributed by atoms with E-state index in [4.69, 9.17) is 15.6 Å². The Kier molecular flexibility index (Phi) is 3.42. The van der Waals surface area contributed by atoms with Gasteiger partial charge in [-0.2, -0.15) is 4.68 Å². The van der Waals surface area contributed by atoms with Crippen molar-refractivity contribution in [3.63, 3.8) is 0 Å². The molecule has 0 fully saturated rings. The predicted molar refractivity (Wildman–Crippen MR) is 75.9 cm³/mol. The number of ether oxygens (including phenoxy) is 1. The quantitative estimate of drug-likeness (QED) is 0.872. The number of carbonyl (C=O) groups excluding carboxylic acids is 1. The third-order valence-electron chi connectivity index (χ3n) is 3.46. The summed E-state index contributed by atoms with van der Waals surface area (Å²) < 4.78 is 6.02. The number of benzene rings is 1. The standard InChI is InChI=1S/C14H14N4O4/c15-12-10-6-17(7-11(10)18(16-12)13(19)20)14(21)22-8-9-4-2-1-3-5-9/h1-5H,6-8H2,(H2,15,16)(H,19,20). The summed E-state index contributed by atoms with van der Waals surface area (Å²) in [6.45, 7) is 0.467. The van der Waals surface area contributed by atoms with Crippen molar-refractivity contribution in [2.45, 2.75) is 19.7 Å². The van der Waals surface area contributed by atoms with Gasteiger partial charge in [0.2, 0.25) is 0 Å². The van der Waals surface area contributed by atoms with E-state index in [0.717, 1.165) is 10.2 Å². The highest BCUT2D eigenvalue weighted by Crippen LogP contribution is 2.28. The van der Waals surface area contributed by atoms with Crippen LogP contribution < -0.4 is 5.73 Å². The van der Waals surface area contributed by atoms with Crippen molar-refractivity contribution in [1.82, 2.24) is 14.7 Å². The lowest BCUT2D eigenvalue weighted by Crippen LogP contribution is -2.27. The van der Waals surface area contributed by atoms with Crippen molar-refractivity contribution in [2.24, 2.45) is 0 Å². The van der Waals surface area contributed by atoms with Crippen molar-refractivity contribution in [2.75, 3.05) is 5.73 Å². The molecule has 8 heteroatoms. The van der Waals surface area contributed by atoms with Gasteiger partial charge < -0.3 is 15.6 Å². The van der Waals surface area contributed by atoms with Crippen molar-refractivity contribution in [3.8, 4) is 0 Å². The Hall–Kier alpha value is -3.03. The van der Waals surface area contributed by atoms with Crippen LogP contribution in [0.3, 0.4) is 0 Å². The number of nitrogens with two attached hydrogens (primary N) is 1. The van der Waals surface area contributed by atoms with Gasteiger partial charge in [0, 0.05) is 5.56 Å². The Morgan fingerprint density at radius 1 is 1.27 bits per heavy atom. The summed E-state index contributed by atoms with van der Waals surface area (Å²) in [5, 5.41) is 12.8. The largest absolute Gasteiger partial charge is 0.463 e. The summed E-state index contributed by atoms with van der Waals surface area (Å²) in [7, 11) is 0. The zero-order valence-electron chi connectivity index (χ0n) is 11.6. The van der Waals surface area contributed by atoms with Gasteiger partial charge in [0.25, 0.3) is 0 Å². The molecular weight excluding hydrogens is 288 g/mol. The molecule has 1 aliphatic rings. The smallest absolute Gasteiger partial charge is 0.432 e. The fraction of sp³-hybridized carbons (Fsp3) is 0.214. The van der Waals surface area contributed by atoms with Crippen LogP contribution in [0, 0.1) is 0 Å². The van der Waals surface area contributed by atoms with Gasteiger partial charge in [0.15, 0.2) is 5.82 Å². The molecule has 3 rings (SSSR count). The SMILES string of the molecule is Nc1nn(C(=O)O)c2c1CN(C(=O)OCc1ccccc1)C2. The molecule has 3 N–H and O–H groups in total. The molecule has 0 aliphatic carbocycles. The molecule has 0 saturated heterocycles. The van der Waals surface area contributed by atoms with Crippen LogP contribution in [0.5, 0.6) is 0 Å². The average molecular weight is 302 g/mol. The Morgan fingerprint density at radius 2 is 2.00 bits per heavy atom. The highest BCUT2D eigenvalue weighted by molar-refractivity contribution is 5.73. The number of rotatable bonds is 2. The molecule has 114 valence electrons. The topological polar surface area (TPSA) is 111 Å². The van der Waals surface area contributed by atoms with E-state index in [0.29, 0.717) is 11.3 Å². The van der Waals surface area contributed by atoms with Crippen LogP contribution in [0.4, 0.5) is 15.4 Å². The van der Waals surface area contributed by atoms with Crippen molar-refractivity contribution >= 4 is 18.0 Å². The van der Waals surface area contributed by atoms with E-state index in [1.54, 1.807) is 0 Å². The highest BCUT2D eigenvalue weighted by atomic mass is 16.6. The van der Waals surface area contributed by atoms with Gasteiger partial charge in [-0.25, -0.2) is 9.59 Å². The number of carbonyl (C=O) groups is 2. The summed E-state index contributed by atoms with van der Waals surface area (Å²) in [5.74, 6) is 0.121. The van der Waals surface area contributed by atoms with Crippen LogP contribution in [-0.2, 0) is 24.4 Å². The maximum absolute atomic E-state index is 12.1. The van der Waals surface area contributed by atoms with Crippen LogP contribution in [0.15, 0.2) is 30.3 Å². The molecule has 0 atom stereocenters. The van der Waals surface area contributed by atoms with Gasteiger partial charge in [-0.15, -0.1) is 5.10 Å². The number of nitrogens with zero attached hydrogens (tertiary/aromatic N) is 3. The van der Waals surface area contributed by atoms with Gasteiger partial charge in [-0.1, -0.05) is 30.3 Å². The lowest BCUT2D eigenvalue weighted by molar-refractivity contribution is 0.0947. The van der Waals surface area contributed by atoms with Gasteiger partial charge in [-0.05, 0) is 5.56 Å². The molecule has 1 amide bonds. The van der Waals surface area contributed by atoms with Crippen LogP contribution in [0.1, 0.15) is 16.8 Å². The van der Waals surface area contributed by atoms with Crippen LogP contribution in [-0.4, -0.2) is 32.0 Å². The monoisotopic (exact) mass is 302 g/mol. The summed E-state index contributed by atoms with van der Waals surface area (Å²) in [4.78, 5) is 24.5. The number of carboxylic acid groups (broad SMARTS) is 1. The zero-order valence-corrected chi connectivity index (χ0v) is 11.6. The summed E-state index contributed by atoms with van der Waals surface area (Å²) in [6.07, 6.45) is -1.75. The number of amides is 1. The Bertz CT molecular complexity index is 726. The molecule has 1 aromatic heterocycles. The van der Waals surface area contributed by atoms with Crippen LogP contribution in [0.25, 0.3) is 0 Å². The number of anilines is 1. The normalized spacial score (nSPS) is 13.0. The number of aromatic nitrogens is 2. The lowest BCUT2D eigenvalue weighted by Gasteiger charge is -2.16. The molecule has 8 nitrogen and oxygen atoms in total. The van der Waals surface area contributed by atoms with E-state index < -0.39 is 12.2 Å². The van der Waals surface area contributed by atoms with E-state index in [1.807, 2.05) is 30.3 Å². The third-order valence-corrected chi connectivity index (χ3v) is 3.46. The van der Waals surface area contributed by atoms with E-state index in [2.05, 4.69) is 5.10 Å². The second kappa shape index (κ2) is 5.40. The van der Waals surface area contributed by atoms with E-state index in [-0.39, 0.29) is 25.5 Å². The minimum atomic E-state index is -1.23. The van der Waals surface area contributed by atoms with Crippen LogP contribution in [0.2, 0.25) is 0 Å². The van der Waals surface area contributed by atoms with Crippen LogP contribution >= 0.6 is 0 Å². The second-order valence-corrected chi connectivity index (χ2v) is 4.90. The number of nitrogen functional groups attached to an aromatic ring is 1. The van der Waals surface area contributed by atoms with Gasteiger partial charge >= 0.3 is 12.2 Å². The maximum atomic E-state index is 12.1. The molecule has 1 aliphatic heterocycles. The predicted octanol–water partition coefficient (Wildman–Crippen LogP) is 1.64. The molecule has 2 heterocycles. The first kappa shape index (κ1) is 13.9. The molecule has 0 unspecified atom stereocenters. The number of hydrogen-bond donors (Lipinski definition) is 2. The first-order valence-electron chi connectivity index (χ1n) is 6.61. The maximum Gasteiger partial charge on any atom is 0.432 e. The molecule has 1 aromatic carbocycles. The number of hydrogen-bond acceptors (Lipinski definition) is 5. The minimum absolute atomic E-state index is 0.111. The van der Waals surface area contributed by atoms with E-state index >= 15 is 0 Å². The molecule has 22 heavy (non-hydrogen) atoms. The summed E-state index contributed by atoms with van der Waals surface area (Å²) in [5.41, 5.74) is 7.52. The van der Waals surface area contributed by atoms with Gasteiger partial charge in [0.1, 0.15) is 6.61 Å². The van der Waals surface area contributed by atoms with E-state index in [1.165, 1.54) is 4.90 Å². The summed E-state index contributed by atoms with van der Waals surface area (Å²) >= 11 is 0. The molecule has 2 aromatic rings. The molecular formula is C14H14N4O4. The van der Waals surface area contributed by atoms with Gasteiger partial charge in [-0.3, -0.25) is 4.90 Å². The first-order chi connectivity index (χ1) is 10.6. The first-order valence-corrected chi connectivity index (χ1v) is 6.61. The fourth-order valence-corrected chi connectivity index (χ4v) is 2.36. The van der Waals surface area contributed by atoms with E-state index in [9.17, 15) is 9.59 Å². The Morgan fingerprint density at radius 3 is 2.68 bits per heavy atom.